The number of aryl methyl sites for hydroxylation is 2. The Bertz CT molecular complexity index is 1330. The number of nitrogens with zero attached hydrogens (tertiary/aromatic N) is 3. The standard InChI is InChI=1S/C22H22ClN3O4S/c1-12-3-6-17(23)19(9-12)30-22(27)16-10-18(14-4-5-14)24-21-20(16)13(2)25-26(21)15-7-8-31(28,29)11-15/h3,6,9-10,14-15H,4-5,7-8,11H2,1-2H3. The number of sulfone groups is 1. The lowest BCUT2D eigenvalue weighted by atomic mass is 10.1. The molecule has 3 heterocycles. The predicted molar refractivity (Wildman–Crippen MR) is 118 cm³/mol. The van der Waals surface area contributed by atoms with Crippen LogP contribution in [0, 0.1) is 13.8 Å². The summed E-state index contributed by atoms with van der Waals surface area (Å²) < 4.78 is 31.4. The van der Waals surface area contributed by atoms with Crippen molar-refractivity contribution in [3.8, 4) is 5.75 Å². The molecule has 1 saturated heterocycles. The van der Waals surface area contributed by atoms with Gasteiger partial charge in [-0.05, 0) is 56.9 Å². The topological polar surface area (TPSA) is 91.2 Å². The van der Waals surface area contributed by atoms with Gasteiger partial charge in [0.1, 0.15) is 5.75 Å². The number of halogens is 1. The summed E-state index contributed by atoms with van der Waals surface area (Å²) in [7, 11) is -3.09. The minimum absolute atomic E-state index is 0.0389. The molecule has 0 spiro atoms. The Hall–Kier alpha value is -2.45. The molecular formula is C22H22ClN3O4S. The zero-order valence-corrected chi connectivity index (χ0v) is 18.8. The monoisotopic (exact) mass is 459 g/mol. The van der Waals surface area contributed by atoms with Crippen LogP contribution in [0.1, 0.15) is 58.5 Å². The maximum atomic E-state index is 13.2. The van der Waals surface area contributed by atoms with E-state index in [2.05, 4.69) is 5.10 Å². The van der Waals surface area contributed by atoms with Crippen molar-refractivity contribution in [3.63, 3.8) is 0 Å². The van der Waals surface area contributed by atoms with Crippen LogP contribution in [-0.2, 0) is 9.84 Å². The molecule has 31 heavy (non-hydrogen) atoms. The molecule has 1 aromatic carbocycles. The van der Waals surface area contributed by atoms with Crippen molar-refractivity contribution in [3.05, 3.63) is 51.8 Å². The Morgan fingerprint density at radius 1 is 1.19 bits per heavy atom. The molecule has 0 amide bonds. The van der Waals surface area contributed by atoms with Gasteiger partial charge in [-0.25, -0.2) is 22.9 Å². The molecule has 1 saturated carbocycles. The Morgan fingerprint density at radius 2 is 1.97 bits per heavy atom. The number of ether oxygens (including phenoxy) is 1. The molecule has 1 atom stereocenters. The number of rotatable bonds is 4. The van der Waals surface area contributed by atoms with Crippen LogP contribution in [0.4, 0.5) is 0 Å². The van der Waals surface area contributed by atoms with Crippen molar-refractivity contribution >= 4 is 38.4 Å². The molecular weight excluding hydrogens is 438 g/mol. The van der Waals surface area contributed by atoms with Crippen LogP contribution >= 0.6 is 11.6 Å². The number of aromatic nitrogens is 3. The quantitative estimate of drug-likeness (QED) is 0.429. The second kappa shape index (κ2) is 7.31. The number of carbonyl (C=O) groups excluding carboxylic acids is 1. The molecule has 162 valence electrons. The van der Waals surface area contributed by atoms with E-state index in [1.54, 1.807) is 29.8 Å². The van der Waals surface area contributed by atoms with Crippen molar-refractivity contribution in [2.45, 2.75) is 45.1 Å². The van der Waals surface area contributed by atoms with Crippen LogP contribution in [0.15, 0.2) is 24.3 Å². The fourth-order valence-corrected chi connectivity index (χ4v) is 6.00. The molecule has 1 unspecified atom stereocenters. The fraction of sp³-hybridized carbons (Fsp3) is 0.409. The van der Waals surface area contributed by atoms with Crippen LogP contribution in [-0.4, -0.2) is 40.7 Å². The van der Waals surface area contributed by atoms with E-state index < -0.39 is 15.8 Å². The summed E-state index contributed by atoms with van der Waals surface area (Å²) in [6.45, 7) is 3.70. The lowest BCUT2D eigenvalue weighted by Crippen LogP contribution is -2.14. The highest BCUT2D eigenvalue weighted by Gasteiger charge is 2.34. The summed E-state index contributed by atoms with van der Waals surface area (Å²) in [6, 6.07) is 6.77. The highest BCUT2D eigenvalue weighted by molar-refractivity contribution is 7.91. The van der Waals surface area contributed by atoms with E-state index >= 15 is 0 Å². The first-order chi connectivity index (χ1) is 14.7. The maximum Gasteiger partial charge on any atom is 0.344 e. The number of esters is 1. The molecule has 0 bridgehead atoms. The molecule has 7 nitrogen and oxygen atoms in total. The Morgan fingerprint density at radius 3 is 2.65 bits per heavy atom. The van der Waals surface area contributed by atoms with Gasteiger partial charge in [-0.1, -0.05) is 17.7 Å². The van der Waals surface area contributed by atoms with Gasteiger partial charge in [0.2, 0.25) is 0 Å². The molecule has 2 aliphatic rings. The molecule has 1 aliphatic heterocycles. The second-order valence-electron chi connectivity index (χ2n) is 8.48. The molecule has 1 aliphatic carbocycles. The third-order valence-electron chi connectivity index (χ3n) is 5.92. The van der Waals surface area contributed by atoms with Gasteiger partial charge in [-0.15, -0.1) is 0 Å². The Balaban J connectivity index is 1.62. The second-order valence-corrected chi connectivity index (χ2v) is 11.1. The van der Waals surface area contributed by atoms with Crippen molar-refractivity contribution in [1.29, 1.82) is 0 Å². The molecule has 0 radical (unpaired) electrons. The highest BCUT2D eigenvalue weighted by atomic mass is 35.5. The van der Waals surface area contributed by atoms with Gasteiger partial charge in [0.15, 0.2) is 15.5 Å². The van der Waals surface area contributed by atoms with Crippen LogP contribution in [0.25, 0.3) is 11.0 Å². The Labute approximate surface area is 185 Å². The normalized spacial score (nSPS) is 20.3. The van der Waals surface area contributed by atoms with Gasteiger partial charge in [0, 0.05) is 11.6 Å². The van der Waals surface area contributed by atoms with Crippen molar-refractivity contribution < 1.29 is 17.9 Å². The predicted octanol–water partition coefficient (Wildman–Crippen LogP) is 4.16. The van der Waals surface area contributed by atoms with Crippen LogP contribution in [0.5, 0.6) is 5.75 Å². The number of benzene rings is 1. The average molecular weight is 460 g/mol. The smallest absolute Gasteiger partial charge is 0.344 e. The summed E-state index contributed by atoms with van der Waals surface area (Å²) in [6.07, 6.45) is 2.52. The fourth-order valence-electron chi connectivity index (χ4n) is 4.15. The maximum absolute atomic E-state index is 13.2. The van der Waals surface area contributed by atoms with E-state index in [-0.39, 0.29) is 17.5 Å². The molecule has 9 heteroatoms. The van der Waals surface area contributed by atoms with E-state index in [4.69, 9.17) is 21.3 Å². The van der Waals surface area contributed by atoms with Crippen molar-refractivity contribution in [2.24, 2.45) is 0 Å². The number of hydrogen-bond acceptors (Lipinski definition) is 6. The number of fused-ring (bicyclic) bond motifs is 1. The Kier molecular flexibility index (Phi) is 4.82. The van der Waals surface area contributed by atoms with Gasteiger partial charge in [-0.3, -0.25) is 0 Å². The highest BCUT2D eigenvalue weighted by Crippen LogP contribution is 2.41. The zero-order valence-electron chi connectivity index (χ0n) is 17.3. The van der Waals surface area contributed by atoms with Crippen LogP contribution in [0.3, 0.4) is 0 Å². The minimum Gasteiger partial charge on any atom is -0.421 e. The van der Waals surface area contributed by atoms with Gasteiger partial charge < -0.3 is 4.74 Å². The molecule has 3 aromatic rings. The number of carbonyl (C=O) groups is 1. The summed E-state index contributed by atoms with van der Waals surface area (Å²) in [5.74, 6) is 0.257. The average Bonchev–Trinajstić information content (AvgIpc) is 3.43. The van der Waals surface area contributed by atoms with Gasteiger partial charge in [0.05, 0.1) is 39.2 Å². The summed E-state index contributed by atoms with van der Waals surface area (Å²) in [4.78, 5) is 18.0. The van der Waals surface area contributed by atoms with Crippen molar-refractivity contribution in [2.75, 3.05) is 11.5 Å². The third kappa shape index (κ3) is 3.83. The van der Waals surface area contributed by atoms with E-state index in [1.165, 1.54) is 0 Å². The summed E-state index contributed by atoms with van der Waals surface area (Å²) in [5, 5.41) is 5.55. The molecule has 2 aromatic heterocycles. The first-order valence-electron chi connectivity index (χ1n) is 10.3. The van der Waals surface area contributed by atoms with Gasteiger partial charge >= 0.3 is 5.97 Å². The van der Waals surface area contributed by atoms with Gasteiger partial charge in [-0.2, -0.15) is 5.10 Å². The number of hydrogen-bond donors (Lipinski definition) is 0. The first kappa shape index (κ1) is 20.5. The first-order valence-corrected chi connectivity index (χ1v) is 12.5. The lowest BCUT2D eigenvalue weighted by Gasteiger charge is -2.12. The zero-order chi connectivity index (χ0) is 21.9. The van der Waals surface area contributed by atoms with E-state index in [0.29, 0.717) is 45.4 Å². The lowest BCUT2D eigenvalue weighted by molar-refractivity contribution is 0.0736. The van der Waals surface area contributed by atoms with E-state index in [9.17, 15) is 13.2 Å². The molecule has 5 rings (SSSR count). The van der Waals surface area contributed by atoms with Gasteiger partial charge in [0.25, 0.3) is 0 Å². The van der Waals surface area contributed by atoms with Crippen molar-refractivity contribution in [1.82, 2.24) is 14.8 Å². The summed E-state index contributed by atoms with van der Waals surface area (Å²) >= 11 is 6.22. The van der Waals surface area contributed by atoms with Crippen LogP contribution < -0.4 is 4.74 Å². The SMILES string of the molecule is Cc1ccc(Cl)c(OC(=O)c2cc(C3CC3)nc3c2c(C)nn3C2CCS(=O)(=O)C2)c1. The minimum atomic E-state index is -3.09. The third-order valence-corrected chi connectivity index (χ3v) is 7.98. The molecule has 2 fully saturated rings. The van der Waals surface area contributed by atoms with E-state index in [1.807, 2.05) is 13.0 Å². The number of pyridine rings is 1. The largest absolute Gasteiger partial charge is 0.421 e. The summed E-state index contributed by atoms with van der Waals surface area (Å²) in [5.41, 5.74) is 3.30. The van der Waals surface area contributed by atoms with Crippen LogP contribution in [0.2, 0.25) is 5.02 Å². The van der Waals surface area contributed by atoms with E-state index in [0.717, 1.165) is 24.1 Å². The molecule has 0 N–H and O–H groups in total.